The van der Waals surface area contributed by atoms with Crippen molar-refractivity contribution in [2.75, 3.05) is 11.4 Å². The predicted octanol–water partition coefficient (Wildman–Crippen LogP) is 2.37. The number of anilines is 1. The molecule has 0 aliphatic carbocycles. The van der Waals surface area contributed by atoms with Gasteiger partial charge in [0.1, 0.15) is 5.75 Å². The number of phenols is 1. The topological polar surface area (TPSA) is 52.6 Å². The third-order valence-corrected chi connectivity index (χ3v) is 3.54. The first-order valence-corrected chi connectivity index (χ1v) is 6.81. The van der Waals surface area contributed by atoms with Gasteiger partial charge in [0.05, 0.1) is 5.69 Å². The van der Waals surface area contributed by atoms with Gasteiger partial charge in [0.2, 0.25) is 0 Å². The van der Waals surface area contributed by atoms with Crippen LogP contribution in [0.5, 0.6) is 5.75 Å². The molecule has 1 heterocycles. The molecule has 0 aromatic heterocycles. The van der Waals surface area contributed by atoms with E-state index < -0.39 is 6.17 Å². The van der Waals surface area contributed by atoms with Crippen molar-refractivity contribution in [2.24, 2.45) is 0 Å². The molecule has 0 radical (unpaired) electrons. The van der Waals surface area contributed by atoms with Crippen LogP contribution in [0, 0.1) is 0 Å². The molecule has 21 heavy (non-hydrogen) atoms. The maximum absolute atomic E-state index is 11.4. The Morgan fingerprint density at radius 1 is 1.10 bits per heavy atom. The van der Waals surface area contributed by atoms with E-state index in [4.69, 9.17) is 0 Å². The quantitative estimate of drug-likeness (QED) is 0.848. The molecule has 1 unspecified atom stereocenters. The van der Waals surface area contributed by atoms with E-state index >= 15 is 0 Å². The van der Waals surface area contributed by atoms with Gasteiger partial charge >= 0.3 is 0 Å². The number of carbonyl (C=O) groups is 1. The second-order valence-corrected chi connectivity index (χ2v) is 4.85. The van der Waals surface area contributed by atoms with Crippen LogP contribution in [0.4, 0.5) is 5.69 Å². The highest BCUT2D eigenvalue weighted by Crippen LogP contribution is 2.29. The second kappa shape index (κ2) is 5.71. The lowest BCUT2D eigenvalue weighted by Gasteiger charge is -2.35. The second-order valence-electron chi connectivity index (χ2n) is 4.85. The molecule has 1 atom stereocenters. The summed E-state index contributed by atoms with van der Waals surface area (Å²) in [5.41, 5.74) is 2.62. The molecule has 0 saturated heterocycles. The molecule has 1 aliphatic rings. The Hall–Kier alpha value is -2.75. The van der Waals surface area contributed by atoms with Crippen LogP contribution in [0.2, 0.25) is 0 Å². The number of nitrogens with zero attached hydrogens (tertiary/aromatic N) is 1. The van der Waals surface area contributed by atoms with Crippen LogP contribution in [-0.4, -0.2) is 24.1 Å². The first kappa shape index (κ1) is 13.2. The smallest absolute Gasteiger partial charge is 0.162 e. The summed E-state index contributed by atoms with van der Waals surface area (Å²) in [7, 11) is 0. The zero-order valence-electron chi connectivity index (χ0n) is 11.4. The van der Waals surface area contributed by atoms with E-state index in [1.54, 1.807) is 18.2 Å². The number of carbonyl (C=O) groups excluding carboxylic acids is 1. The van der Waals surface area contributed by atoms with E-state index in [2.05, 4.69) is 5.32 Å². The maximum Gasteiger partial charge on any atom is 0.162 e. The Bertz CT molecular complexity index is 668. The van der Waals surface area contributed by atoms with Gasteiger partial charge in [-0.1, -0.05) is 42.5 Å². The number of nitrogens with one attached hydrogen (secondary N) is 1. The van der Waals surface area contributed by atoms with Crippen LogP contribution in [0.25, 0.3) is 5.70 Å². The van der Waals surface area contributed by atoms with E-state index in [0.717, 1.165) is 17.5 Å². The maximum atomic E-state index is 11.4. The molecule has 1 aliphatic heterocycles. The minimum absolute atomic E-state index is 0.169. The van der Waals surface area contributed by atoms with Crippen molar-refractivity contribution < 1.29 is 9.90 Å². The minimum atomic E-state index is -0.501. The molecule has 2 aromatic rings. The highest BCUT2D eigenvalue weighted by atomic mass is 16.3. The summed E-state index contributed by atoms with van der Waals surface area (Å²) < 4.78 is 0. The lowest BCUT2D eigenvalue weighted by atomic mass is 10.1. The Labute approximate surface area is 123 Å². The highest BCUT2D eigenvalue weighted by Gasteiger charge is 2.24. The van der Waals surface area contributed by atoms with Gasteiger partial charge in [0.25, 0.3) is 0 Å². The van der Waals surface area contributed by atoms with Gasteiger partial charge in [-0.3, -0.25) is 4.79 Å². The highest BCUT2D eigenvalue weighted by molar-refractivity contribution is 5.76. The van der Waals surface area contributed by atoms with Gasteiger partial charge < -0.3 is 15.3 Å². The van der Waals surface area contributed by atoms with E-state index in [1.165, 1.54) is 0 Å². The van der Waals surface area contributed by atoms with Crippen molar-refractivity contribution in [1.29, 1.82) is 0 Å². The van der Waals surface area contributed by atoms with Crippen molar-refractivity contribution in [2.45, 2.75) is 6.17 Å². The molecule has 106 valence electrons. The molecule has 0 saturated carbocycles. The number of phenolic OH excluding ortho intramolecular Hbond substituents is 1. The van der Waals surface area contributed by atoms with Crippen molar-refractivity contribution in [3.8, 4) is 5.75 Å². The Balaban J connectivity index is 1.91. The molecule has 0 fully saturated rings. The standard InChI is InChI=1S/C17H16N2O2/c20-12-17-18-14(13-6-2-1-3-7-13)10-11-19(17)15-8-4-5-9-16(15)21/h1-10,12,17-18,21H,11H2. The predicted molar refractivity (Wildman–Crippen MR) is 82.9 cm³/mol. The number of aromatic hydroxyl groups is 1. The van der Waals surface area contributed by atoms with Gasteiger partial charge in [0.15, 0.2) is 12.5 Å². The lowest BCUT2D eigenvalue weighted by molar-refractivity contribution is -0.109. The fourth-order valence-corrected chi connectivity index (χ4v) is 2.48. The van der Waals surface area contributed by atoms with Crippen LogP contribution in [0.1, 0.15) is 5.56 Å². The van der Waals surface area contributed by atoms with E-state index in [1.807, 2.05) is 47.4 Å². The van der Waals surface area contributed by atoms with Gasteiger partial charge in [-0.25, -0.2) is 0 Å². The Kier molecular flexibility index (Phi) is 3.60. The molecule has 4 heteroatoms. The summed E-state index contributed by atoms with van der Waals surface area (Å²) in [6.45, 7) is 0.554. The molecule has 2 aromatic carbocycles. The minimum Gasteiger partial charge on any atom is -0.506 e. The van der Waals surface area contributed by atoms with Crippen LogP contribution < -0.4 is 10.2 Å². The number of hydrogen-bond acceptors (Lipinski definition) is 4. The van der Waals surface area contributed by atoms with E-state index in [-0.39, 0.29) is 5.75 Å². The molecular weight excluding hydrogens is 264 g/mol. The van der Waals surface area contributed by atoms with E-state index in [0.29, 0.717) is 12.2 Å². The molecule has 0 spiro atoms. The average molecular weight is 280 g/mol. The van der Waals surface area contributed by atoms with Crippen LogP contribution in [0.15, 0.2) is 60.7 Å². The van der Waals surface area contributed by atoms with Gasteiger partial charge in [0, 0.05) is 12.2 Å². The van der Waals surface area contributed by atoms with Crippen LogP contribution >= 0.6 is 0 Å². The van der Waals surface area contributed by atoms with Crippen LogP contribution in [0.3, 0.4) is 0 Å². The third-order valence-electron chi connectivity index (χ3n) is 3.54. The average Bonchev–Trinajstić information content (AvgIpc) is 2.56. The monoisotopic (exact) mass is 280 g/mol. The van der Waals surface area contributed by atoms with Gasteiger partial charge in [-0.05, 0) is 23.8 Å². The Morgan fingerprint density at radius 2 is 1.81 bits per heavy atom. The summed E-state index contributed by atoms with van der Waals surface area (Å²) in [4.78, 5) is 13.2. The van der Waals surface area contributed by atoms with Crippen molar-refractivity contribution in [1.82, 2.24) is 5.32 Å². The fourth-order valence-electron chi connectivity index (χ4n) is 2.48. The lowest BCUT2D eigenvalue weighted by Crippen LogP contribution is -2.49. The largest absolute Gasteiger partial charge is 0.506 e. The zero-order valence-corrected chi connectivity index (χ0v) is 11.4. The summed E-state index contributed by atoms with van der Waals surface area (Å²) in [5.74, 6) is 0.169. The Morgan fingerprint density at radius 3 is 2.52 bits per heavy atom. The summed E-state index contributed by atoms with van der Waals surface area (Å²) >= 11 is 0. The fraction of sp³-hybridized carbons (Fsp3) is 0.118. The van der Waals surface area contributed by atoms with Crippen molar-refractivity contribution in [3.63, 3.8) is 0 Å². The third kappa shape index (κ3) is 2.60. The number of hydrogen-bond donors (Lipinski definition) is 2. The molecule has 3 rings (SSSR count). The SMILES string of the molecule is O=CC1NC(c2ccccc2)=CCN1c1ccccc1O. The van der Waals surface area contributed by atoms with Crippen molar-refractivity contribution in [3.05, 3.63) is 66.2 Å². The van der Waals surface area contributed by atoms with Gasteiger partial charge in [-0.2, -0.15) is 0 Å². The number of para-hydroxylation sites is 2. The molecule has 0 amide bonds. The molecule has 0 bridgehead atoms. The van der Waals surface area contributed by atoms with E-state index in [9.17, 15) is 9.90 Å². The molecule has 2 N–H and O–H groups in total. The first-order chi connectivity index (χ1) is 10.3. The first-order valence-electron chi connectivity index (χ1n) is 6.81. The van der Waals surface area contributed by atoms with Gasteiger partial charge in [-0.15, -0.1) is 0 Å². The normalized spacial score (nSPS) is 17.8. The van der Waals surface area contributed by atoms with Crippen LogP contribution in [-0.2, 0) is 4.79 Å². The number of benzene rings is 2. The van der Waals surface area contributed by atoms with Crippen molar-refractivity contribution >= 4 is 17.7 Å². The number of aldehydes is 1. The molecular formula is C17H16N2O2. The zero-order chi connectivity index (χ0) is 14.7. The summed E-state index contributed by atoms with van der Waals surface area (Å²) in [6, 6.07) is 16.9. The summed E-state index contributed by atoms with van der Waals surface area (Å²) in [6.07, 6.45) is 2.36. The molecule has 4 nitrogen and oxygen atoms in total. The summed E-state index contributed by atoms with van der Waals surface area (Å²) in [5, 5.41) is 13.2. The number of rotatable bonds is 3.